The van der Waals surface area contributed by atoms with E-state index < -0.39 is 5.91 Å². The van der Waals surface area contributed by atoms with Crippen LogP contribution in [0.15, 0.2) is 12.1 Å². The lowest BCUT2D eigenvalue weighted by atomic mass is 10.2. The highest BCUT2D eigenvalue weighted by Crippen LogP contribution is 2.14. The zero-order chi connectivity index (χ0) is 15.1. The zero-order valence-corrected chi connectivity index (χ0v) is 12.3. The maximum Gasteiger partial charge on any atom is 0.271 e. The van der Waals surface area contributed by atoms with E-state index in [4.69, 9.17) is 17.3 Å². The summed E-state index contributed by atoms with van der Waals surface area (Å²) >= 11 is 5.86. The normalized spacial score (nSPS) is 11.8. The van der Waals surface area contributed by atoms with Crippen molar-refractivity contribution in [1.29, 1.82) is 0 Å². The molecular formula is C13H19ClN4O2. The Morgan fingerprint density at radius 2 is 2.15 bits per heavy atom. The highest BCUT2D eigenvalue weighted by molar-refractivity contribution is 6.33. The van der Waals surface area contributed by atoms with Crippen molar-refractivity contribution >= 4 is 29.2 Å². The Morgan fingerprint density at radius 1 is 1.45 bits per heavy atom. The van der Waals surface area contributed by atoms with E-state index in [-0.39, 0.29) is 41.4 Å². The molecule has 0 spiro atoms. The molecule has 20 heavy (non-hydrogen) atoms. The van der Waals surface area contributed by atoms with Gasteiger partial charge in [0, 0.05) is 19.0 Å². The van der Waals surface area contributed by atoms with Crippen LogP contribution in [0.4, 0.5) is 5.82 Å². The van der Waals surface area contributed by atoms with Crippen LogP contribution >= 0.6 is 11.6 Å². The average molecular weight is 299 g/mol. The SMILES string of the molecule is CCC(C)NC(=O)CCNC(=O)c1nc(N)ccc1Cl. The number of nitrogens with zero attached hydrogens (tertiary/aromatic N) is 1. The largest absolute Gasteiger partial charge is 0.384 e. The third-order valence-corrected chi connectivity index (χ3v) is 3.04. The minimum atomic E-state index is -0.446. The molecule has 1 rings (SSSR count). The minimum absolute atomic E-state index is 0.0639. The number of hydrogen-bond donors (Lipinski definition) is 3. The van der Waals surface area contributed by atoms with E-state index in [2.05, 4.69) is 15.6 Å². The first-order chi connectivity index (χ1) is 9.43. The quantitative estimate of drug-likeness (QED) is 0.738. The molecule has 1 aromatic heterocycles. The molecule has 0 radical (unpaired) electrons. The molecule has 1 unspecified atom stereocenters. The number of rotatable bonds is 6. The summed E-state index contributed by atoms with van der Waals surface area (Å²) in [7, 11) is 0. The molecule has 0 saturated carbocycles. The first kappa shape index (κ1) is 16.2. The van der Waals surface area contributed by atoms with Gasteiger partial charge in [-0.2, -0.15) is 0 Å². The molecule has 6 nitrogen and oxygen atoms in total. The van der Waals surface area contributed by atoms with E-state index in [0.717, 1.165) is 6.42 Å². The topological polar surface area (TPSA) is 97.1 Å². The Labute approximate surface area is 123 Å². The van der Waals surface area contributed by atoms with E-state index >= 15 is 0 Å². The van der Waals surface area contributed by atoms with Gasteiger partial charge in [0.1, 0.15) is 11.5 Å². The number of amides is 2. The molecular weight excluding hydrogens is 280 g/mol. The van der Waals surface area contributed by atoms with Crippen LogP contribution in [0.5, 0.6) is 0 Å². The molecule has 7 heteroatoms. The van der Waals surface area contributed by atoms with Crippen LogP contribution in [0.1, 0.15) is 37.2 Å². The Kier molecular flexibility index (Phi) is 6.24. The average Bonchev–Trinajstić information content (AvgIpc) is 2.41. The first-order valence-corrected chi connectivity index (χ1v) is 6.81. The lowest BCUT2D eigenvalue weighted by molar-refractivity contribution is -0.121. The summed E-state index contributed by atoms with van der Waals surface area (Å²) in [4.78, 5) is 27.2. The fourth-order valence-electron chi connectivity index (χ4n) is 1.44. The van der Waals surface area contributed by atoms with Crippen molar-refractivity contribution in [3.05, 3.63) is 22.8 Å². The summed E-state index contributed by atoms with van der Waals surface area (Å²) < 4.78 is 0. The van der Waals surface area contributed by atoms with Crippen LogP contribution in [0, 0.1) is 0 Å². The molecule has 1 aromatic rings. The van der Waals surface area contributed by atoms with Crippen molar-refractivity contribution in [2.24, 2.45) is 0 Å². The summed E-state index contributed by atoms with van der Waals surface area (Å²) in [5.41, 5.74) is 5.56. The highest BCUT2D eigenvalue weighted by atomic mass is 35.5. The Morgan fingerprint density at radius 3 is 2.80 bits per heavy atom. The molecule has 4 N–H and O–H groups in total. The molecule has 0 bridgehead atoms. The molecule has 110 valence electrons. The molecule has 0 aromatic carbocycles. The predicted octanol–water partition coefficient (Wildman–Crippen LogP) is 1.35. The van der Waals surface area contributed by atoms with E-state index in [9.17, 15) is 9.59 Å². The summed E-state index contributed by atoms with van der Waals surface area (Å²) in [5, 5.41) is 5.62. The molecule has 1 atom stereocenters. The summed E-state index contributed by atoms with van der Waals surface area (Å²) in [6.45, 7) is 4.13. The fraction of sp³-hybridized carbons (Fsp3) is 0.462. The van der Waals surface area contributed by atoms with Crippen LogP contribution < -0.4 is 16.4 Å². The predicted molar refractivity (Wildman–Crippen MR) is 78.5 cm³/mol. The Bertz CT molecular complexity index is 493. The van der Waals surface area contributed by atoms with Gasteiger partial charge in [-0.3, -0.25) is 9.59 Å². The van der Waals surface area contributed by atoms with Crippen LogP contribution in [0.25, 0.3) is 0 Å². The van der Waals surface area contributed by atoms with Crippen molar-refractivity contribution in [1.82, 2.24) is 15.6 Å². The highest BCUT2D eigenvalue weighted by Gasteiger charge is 2.13. The summed E-state index contributed by atoms with van der Waals surface area (Å²) in [6, 6.07) is 3.15. The van der Waals surface area contributed by atoms with Crippen LogP contribution in [0.2, 0.25) is 5.02 Å². The maximum atomic E-state index is 11.8. The van der Waals surface area contributed by atoms with E-state index in [0.29, 0.717) is 0 Å². The number of carbonyl (C=O) groups is 2. The number of pyridine rings is 1. The van der Waals surface area contributed by atoms with E-state index in [1.807, 2.05) is 13.8 Å². The maximum absolute atomic E-state index is 11.8. The molecule has 0 aliphatic carbocycles. The van der Waals surface area contributed by atoms with Gasteiger partial charge in [-0.1, -0.05) is 18.5 Å². The second kappa shape index (κ2) is 7.69. The van der Waals surface area contributed by atoms with Crippen LogP contribution in [0.3, 0.4) is 0 Å². The van der Waals surface area contributed by atoms with Crippen molar-refractivity contribution < 1.29 is 9.59 Å². The minimum Gasteiger partial charge on any atom is -0.384 e. The molecule has 0 aliphatic heterocycles. The number of aromatic nitrogens is 1. The van der Waals surface area contributed by atoms with E-state index in [1.54, 1.807) is 0 Å². The van der Waals surface area contributed by atoms with Gasteiger partial charge in [0.25, 0.3) is 5.91 Å². The lowest BCUT2D eigenvalue weighted by Crippen LogP contribution is -2.35. The number of nitrogens with two attached hydrogens (primary N) is 1. The number of halogens is 1. The zero-order valence-electron chi connectivity index (χ0n) is 11.6. The van der Waals surface area contributed by atoms with E-state index in [1.165, 1.54) is 12.1 Å². The molecule has 0 saturated heterocycles. The van der Waals surface area contributed by atoms with Crippen molar-refractivity contribution in [2.75, 3.05) is 12.3 Å². The smallest absolute Gasteiger partial charge is 0.271 e. The summed E-state index contributed by atoms with van der Waals surface area (Å²) in [6.07, 6.45) is 1.07. The third kappa shape index (κ3) is 5.05. The van der Waals surface area contributed by atoms with Crippen molar-refractivity contribution in [3.63, 3.8) is 0 Å². The molecule has 2 amide bonds. The molecule has 0 aliphatic rings. The monoisotopic (exact) mass is 298 g/mol. The Balaban J connectivity index is 2.44. The van der Waals surface area contributed by atoms with Gasteiger partial charge in [0.15, 0.2) is 0 Å². The standard InChI is InChI=1S/C13H19ClN4O2/c1-3-8(2)17-11(19)6-7-16-13(20)12-9(14)4-5-10(15)18-12/h4-5,8H,3,6-7H2,1-2H3,(H2,15,18)(H,16,20)(H,17,19). The number of carbonyl (C=O) groups excluding carboxylic acids is 2. The fourth-order valence-corrected chi connectivity index (χ4v) is 1.63. The summed E-state index contributed by atoms with van der Waals surface area (Å²) in [5.74, 6) is -0.334. The molecule has 1 heterocycles. The van der Waals surface area contributed by atoms with Gasteiger partial charge < -0.3 is 16.4 Å². The lowest BCUT2D eigenvalue weighted by Gasteiger charge is -2.11. The van der Waals surface area contributed by atoms with Gasteiger partial charge >= 0.3 is 0 Å². The number of anilines is 1. The number of nitrogens with one attached hydrogen (secondary N) is 2. The van der Waals surface area contributed by atoms with Gasteiger partial charge in [-0.05, 0) is 25.5 Å². The Hall–Kier alpha value is -1.82. The second-order valence-corrected chi connectivity index (χ2v) is 4.86. The van der Waals surface area contributed by atoms with Gasteiger partial charge in [0.05, 0.1) is 5.02 Å². The van der Waals surface area contributed by atoms with Crippen molar-refractivity contribution in [2.45, 2.75) is 32.7 Å². The third-order valence-electron chi connectivity index (χ3n) is 2.74. The first-order valence-electron chi connectivity index (χ1n) is 6.43. The van der Waals surface area contributed by atoms with Gasteiger partial charge in [-0.15, -0.1) is 0 Å². The molecule has 0 fully saturated rings. The van der Waals surface area contributed by atoms with Crippen molar-refractivity contribution in [3.8, 4) is 0 Å². The van der Waals surface area contributed by atoms with Gasteiger partial charge in [-0.25, -0.2) is 4.98 Å². The number of nitrogen functional groups attached to an aromatic ring is 1. The van der Waals surface area contributed by atoms with Gasteiger partial charge in [0.2, 0.25) is 5.91 Å². The number of hydrogen-bond acceptors (Lipinski definition) is 4. The van der Waals surface area contributed by atoms with Crippen LogP contribution in [-0.4, -0.2) is 29.4 Å². The van der Waals surface area contributed by atoms with Crippen LogP contribution in [-0.2, 0) is 4.79 Å². The second-order valence-electron chi connectivity index (χ2n) is 4.45.